The molecule has 0 fully saturated rings. The van der Waals surface area contributed by atoms with Crippen molar-refractivity contribution in [2.24, 2.45) is 5.10 Å². The Bertz CT molecular complexity index is 478. The van der Waals surface area contributed by atoms with E-state index >= 15 is 0 Å². The fraction of sp³-hybridized carbons (Fsp3) is 0.0833. The number of carbonyl (C=O) groups is 2. The summed E-state index contributed by atoms with van der Waals surface area (Å²) in [7, 11) is 0. The predicted molar refractivity (Wildman–Crippen MR) is 67.0 cm³/mol. The van der Waals surface area contributed by atoms with Gasteiger partial charge in [0.25, 0.3) is 11.8 Å². The molecular weight excluding hydrogens is 234 g/mol. The van der Waals surface area contributed by atoms with Crippen molar-refractivity contribution in [3.05, 3.63) is 41.5 Å². The Balaban J connectivity index is 2.71. The first-order valence-electron chi connectivity index (χ1n) is 5.17. The Hall–Kier alpha value is -2.47. The van der Waals surface area contributed by atoms with Crippen LogP contribution in [0.2, 0.25) is 0 Å². The van der Waals surface area contributed by atoms with Crippen LogP contribution in [0.25, 0.3) is 6.08 Å². The van der Waals surface area contributed by atoms with Crippen LogP contribution in [0.5, 0.6) is 0 Å². The molecule has 0 aliphatic rings. The van der Waals surface area contributed by atoms with Gasteiger partial charge in [-0.2, -0.15) is 5.10 Å². The summed E-state index contributed by atoms with van der Waals surface area (Å²) in [5, 5.41) is 11.9. The highest BCUT2D eigenvalue weighted by Crippen LogP contribution is 2.06. The summed E-state index contributed by atoms with van der Waals surface area (Å²) in [5.41, 5.74) is 5.02. The average molecular weight is 247 g/mol. The minimum atomic E-state index is -0.617. The van der Waals surface area contributed by atoms with Gasteiger partial charge in [0.15, 0.2) is 0 Å². The van der Waals surface area contributed by atoms with Gasteiger partial charge < -0.3 is 0 Å². The van der Waals surface area contributed by atoms with Crippen LogP contribution in [0, 0.1) is 0 Å². The van der Waals surface area contributed by atoms with Gasteiger partial charge >= 0.3 is 0 Å². The van der Waals surface area contributed by atoms with E-state index in [0.29, 0.717) is 5.56 Å². The summed E-state index contributed by atoms with van der Waals surface area (Å²) in [5.74, 6) is -0.925. The van der Waals surface area contributed by atoms with E-state index in [0.717, 1.165) is 5.56 Å². The lowest BCUT2D eigenvalue weighted by Gasteiger charge is -2.00. The molecule has 0 saturated heterocycles. The molecule has 0 unspecified atom stereocenters. The highest BCUT2D eigenvalue weighted by Gasteiger charge is 2.02. The molecule has 0 aliphatic heterocycles. The Morgan fingerprint density at radius 3 is 2.50 bits per heavy atom. The second-order valence-electron chi connectivity index (χ2n) is 3.26. The molecule has 2 amide bonds. The lowest BCUT2D eigenvalue weighted by Crippen LogP contribution is -2.17. The lowest BCUT2D eigenvalue weighted by molar-refractivity contribution is -0.124. The summed E-state index contributed by atoms with van der Waals surface area (Å²) in [6.45, 7) is 1.69. The van der Waals surface area contributed by atoms with Gasteiger partial charge in [-0.3, -0.25) is 14.8 Å². The van der Waals surface area contributed by atoms with Gasteiger partial charge in [0.05, 0.1) is 0 Å². The zero-order valence-corrected chi connectivity index (χ0v) is 9.75. The number of carbonyl (C=O) groups excluding carboxylic acids is 2. The Kier molecular flexibility index (Phi) is 5.27. The van der Waals surface area contributed by atoms with Gasteiger partial charge in [0, 0.05) is 17.9 Å². The summed E-state index contributed by atoms with van der Waals surface area (Å²) in [6, 6.07) is 6.56. The molecule has 94 valence electrons. The SMILES string of the molecule is CC=NNC(=O)c1ccc(/C=C/C(=O)NO)cc1. The Morgan fingerprint density at radius 2 is 1.94 bits per heavy atom. The molecule has 0 heterocycles. The summed E-state index contributed by atoms with van der Waals surface area (Å²) in [6.07, 6.45) is 4.16. The molecule has 6 heteroatoms. The third-order valence-electron chi connectivity index (χ3n) is 2.01. The van der Waals surface area contributed by atoms with Crippen LogP contribution in [0.1, 0.15) is 22.8 Å². The second-order valence-corrected chi connectivity index (χ2v) is 3.26. The predicted octanol–water partition coefficient (Wildman–Crippen LogP) is 0.941. The van der Waals surface area contributed by atoms with Gasteiger partial charge in [-0.05, 0) is 30.7 Å². The van der Waals surface area contributed by atoms with Crippen LogP contribution in [-0.2, 0) is 4.79 Å². The van der Waals surface area contributed by atoms with Gasteiger partial charge in [-0.1, -0.05) is 12.1 Å². The third kappa shape index (κ3) is 4.18. The van der Waals surface area contributed by atoms with E-state index < -0.39 is 5.91 Å². The van der Waals surface area contributed by atoms with Crippen molar-refractivity contribution in [1.82, 2.24) is 10.9 Å². The first-order chi connectivity index (χ1) is 8.67. The number of hydroxylamine groups is 1. The van der Waals surface area contributed by atoms with Crippen molar-refractivity contribution in [3.63, 3.8) is 0 Å². The number of hydrazone groups is 1. The molecule has 3 N–H and O–H groups in total. The van der Waals surface area contributed by atoms with Crippen molar-refractivity contribution in [3.8, 4) is 0 Å². The van der Waals surface area contributed by atoms with E-state index in [9.17, 15) is 9.59 Å². The summed E-state index contributed by atoms with van der Waals surface area (Å²) >= 11 is 0. The zero-order chi connectivity index (χ0) is 13.4. The molecule has 0 saturated carbocycles. The molecule has 0 aromatic heterocycles. The number of nitrogens with zero attached hydrogens (tertiary/aromatic N) is 1. The van der Waals surface area contributed by atoms with Crippen LogP contribution in [0.3, 0.4) is 0 Å². The number of benzene rings is 1. The molecule has 1 rings (SSSR count). The van der Waals surface area contributed by atoms with E-state index in [-0.39, 0.29) is 5.91 Å². The fourth-order valence-electron chi connectivity index (χ4n) is 1.14. The minimum absolute atomic E-state index is 0.309. The van der Waals surface area contributed by atoms with Crippen LogP contribution in [0.15, 0.2) is 35.4 Å². The van der Waals surface area contributed by atoms with E-state index in [4.69, 9.17) is 5.21 Å². The second kappa shape index (κ2) is 6.97. The Morgan fingerprint density at radius 1 is 1.28 bits per heavy atom. The van der Waals surface area contributed by atoms with Crippen molar-refractivity contribution in [2.45, 2.75) is 6.92 Å². The first-order valence-corrected chi connectivity index (χ1v) is 5.17. The first kappa shape index (κ1) is 13.6. The van der Waals surface area contributed by atoms with E-state index in [2.05, 4.69) is 10.5 Å². The smallest absolute Gasteiger partial charge is 0.271 e. The maximum absolute atomic E-state index is 11.5. The van der Waals surface area contributed by atoms with E-state index in [1.54, 1.807) is 31.2 Å². The molecule has 1 aromatic carbocycles. The molecule has 0 atom stereocenters. The number of amides is 2. The van der Waals surface area contributed by atoms with Gasteiger partial charge in [-0.25, -0.2) is 10.9 Å². The van der Waals surface area contributed by atoms with Crippen molar-refractivity contribution in [1.29, 1.82) is 0 Å². The van der Waals surface area contributed by atoms with Crippen LogP contribution >= 0.6 is 0 Å². The zero-order valence-electron chi connectivity index (χ0n) is 9.75. The molecule has 18 heavy (non-hydrogen) atoms. The molecule has 0 aliphatic carbocycles. The molecule has 0 bridgehead atoms. The maximum atomic E-state index is 11.5. The number of hydrogen-bond donors (Lipinski definition) is 3. The minimum Gasteiger partial charge on any atom is -0.288 e. The lowest BCUT2D eigenvalue weighted by atomic mass is 10.1. The van der Waals surface area contributed by atoms with Crippen LogP contribution in [-0.4, -0.2) is 23.2 Å². The largest absolute Gasteiger partial charge is 0.288 e. The third-order valence-corrected chi connectivity index (χ3v) is 2.01. The van der Waals surface area contributed by atoms with E-state index in [1.807, 2.05) is 0 Å². The average Bonchev–Trinajstić information content (AvgIpc) is 2.42. The topological polar surface area (TPSA) is 90.8 Å². The van der Waals surface area contributed by atoms with E-state index in [1.165, 1.54) is 23.8 Å². The van der Waals surface area contributed by atoms with Gasteiger partial charge in [0.2, 0.25) is 0 Å². The van der Waals surface area contributed by atoms with Crippen molar-refractivity contribution < 1.29 is 14.8 Å². The molecule has 6 nitrogen and oxygen atoms in total. The van der Waals surface area contributed by atoms with Crippen LogP contribution in [0.4, 0.5) is 0 Å². The van der Waals surface area contributed by atoms with Crippen molar-refractivity contribution in [2.75, 3.05) is 0 Å². The molecular formula is C12H13N3O3. The molecule has 0 spiro atoms. The standard InChI is InChI=1S/C12H13N3O3/c1-2-13-14-12(17)10-6-3-9(4-7-10)5-8-11(16)15-18/h2-8,18H,1H3,(H,14,17)(H,15,16)/b8-5+,13-2?. The fourth-order valence-corrected chi connectivity index (χ4v) is 1.14. The van der Waals surface area contributed by atoms with Gasteiger partial charge in [0.1, 0.15) is 0 Å². The quantitative estimate of drug-likeness (QED) is 0.320. The highest BCUT2D eigenvalue weighted by atomic mass is 16.5. The monoisotopic (exact) mass is 247 g/mol. The number of nitrogens with one attached hydrogen (secondary N) is 2. The normalized spacial score (nSPS) is 10.8. The van der Waals surface area contributed by atoms with Crippen molar-refractivity contribution >= 4 is 24.1 Å². The summed E-state index contributed by atoms with van der Waals surface area (Å²) < 4.78 is 0. The highest BCUT2D eigenvalue weighted by molar-refractivity contribution is 5.95. The Labute approximate surface area is 104 Å². The number of hydrogen-bond acceptors (Lipinski definition) is 4. The van der Waals surface area contributed by atoms with Crippen LogP contribution < -0.4 is 10.9 Å². The van der Waals surface area contributed by atoms with Gasteiger partial charge in [-0.15, -0.1) is 0 Å². The molecule has 1 aromatic rings. The number of rotatable bonds is 4. The summed E-state index contributed by atoms with van der Waals surface area (Å²) in [4.78, 5) is 22.2. The molecule has 0 radical (unpaired) electrons. The maximum Gasteiger partial charge on any atom is 0.271 e.